The minimum absolute atomic E-state index is 0.212. The Labute approximate surface area is 107 Å². The smallest absolute Gasteiger partial charge is 0.174 e. The maximum Gasteiger partial charge on any atom is 0.174 e. The van der Waals surface area contributed by atoms with Gasteiger partial charge in [0.05, 0.1) is 13.7 Å². The van der Waals surface area contributed by atoms with Crippen LogP contribution in [0.3, 0.4) is 0 Å². The summed E-state index contributed by atoms with van der Waals surface area (Å²) in [7, 11) is 1.44. The van der Waals surface area contributed by atoms with Gasteiger partial charge >= 0.3 is 0 Å². The van der Waals surface area contributed by atoms with Crippen LogP contribution >= 0.6 is 0 Å². The average Bonchev–Trinajstić information content (AvgIpc) is 2.38. The van der Waals surface area contributed by atoms with Gasteiger partial charge in [0.2, 0.25) is 0 Å². The highest BCUT2D eigenvalue weighted by Gasteiger charge is 2.08. The van der Waals surface area contributed by atoms with E-state index in [1.54, 1.807) is 12.1 Å². The van der Waals surface area contributed by atoms with E-state index >= 15 is 0 Å². The number of benzene rings is 1. The summed E-state index contributed by atoms with van der Waals surface area (Å²) in [5.41, 5.74) is 0.762. The monoisotopic (exact) mass is 257 g/mol. The highest BCUT2D eigenvalue weighted by molar-refractivity contribution is 5.48. The first-order valence-electron chi connectivity index (χ1n) is 6.01. The predicted octanol–water partition coefficient (Wildman–Crippen LogP) is 2.65. The van der Waals surface area contributed by atoms with Gasteiger partial charge in [-0.2, -0.15) is 0 Å². The van der Waals surface area contributed by atoms with Crippen molar-refractivity contribution in [3.8, 4) is 5.75 Å². The second-order valence-corrected chi connectivity index (χ2v) is 3.57. The molecule has 0 amide bonds. The molecule has 4 nitrogen and oxygen atoms in total. The van der Waals surface area contributed by atoms with E-state index in [0.29, 0.717) is 19.8 Å². The molecule has 18 heavy (non-hydrogen) atoms. The molecule has 5 heteroatoms. The van der Waals surface area contributed by atoms with Crippen molar-refractivity contribution in [1.29, 1.82) is 0 Å². The van der Waals surface area contributed by atoms with Gasteiger partial charge in [-0.1, -0.05) is 0 Å². The Morgan fingerprint density at radius 2 is 1.89 bits per heavy atom. The van der Waals surface area contributed by atoms with E-state index in [4.69, 9.17) is 14.2 Å². The molecule has 0 atom stereocenters. The normalized spacial score (nSPS) is 10.7. The van der Waals surface area contributed by atoms with E-state index in [9.17, 15) is 4.39 Å². The predicted molar refractivity (Wildman–Crippen MR) is 68.5 cm³/mol. The second-order valence-electron chi connectivity index (χ2n) is 3.57. The molecule has 0 radical (unpaired) electrons. The summed E-state index contributed by atoms with van der Waals surface area (Å²) in [6.45, 7) is 5.48. The zero-order valence-corrected chi connectivity index (χ0v) is 11.0. The summed E-state index contributed by atoms with van der Waals surface area (Å²) in [5, 5.41) is 3.12. The van der Waals surface area contributed by atoms with Crippen molar-refractivity contribution in [2.24, 2.45) is 0 Å². The summed E-state index contributed by atoms with van der Waals surface area (Å²) in [4.78, 5) is 0. The Kier molecular flexibility index (Phi) is 6.46. The first-order chi connectivity index (χ1) is 8.71. The van der Waals surface area contributed by atoms with E-state index < -0.39 is 0 Å². The maximum atomic E-state index is 13.2. The molecular weight excluding hydrogens is 237 g/mol. The van der Waals surface area contributed by atoms with Crippen LogP contribution in [-0.2, 0) is 9.47 Å². The van der Waals surface area contributed by atoms with Gasteiger partial charge in [0.15, 0.2) is 17.9 Å². The molecule has 1 aromatic rings. The van der Waals surface area contributed by atoms with Crippen LogP contribution in [0.2, 0.25) is 0 Å². The molecule has 1 rings (SSSR count). The summed E-state index contributed by atoms with van der Waals surface area (Å²) in [6, 6.07) is 4.61. The minimum atomic E-state index is -0.380. The van der Waals surface area contributed by atoms with Gasteiger partial charge in [-0.3, -0.25) is 0 Å². The van der Waals surface area contributed by atoms with Crippen molar-refractivity contribution in [2.75, 3.05) is 32.2 Å². The van der Waals surface area contributed by atoms with Crippen molar-refractivity contribution in [3.63, 3.8) is 0 Å². The van der Waals surface area contributed by atoms with E-state index in [1.807, 2.05) is 13.8 Å². The van der Waals surface area contributed by atoms with Crippen molar-refractivity contribution in [2.45, 2.75) is 20.1 Å². The SMILES string of the molecule is CCOC(CNc1ccc(F)c(OC)c1)OCC. The molecule has 0 saturated heterocycles. The number of rotatable bonds is 8. The standard InChI is InChI=1S/C13H20FNO3/c1-4-17-13(18-5-2)9-15-10-6-7-11(14)12(8-10)16-3/h6-8,13,15H,4-5,9H2,1-3H3. The fourth-order valence-corrected chi connectivity index (χ4v) is 1.51. The van der Waals surface area contributed by atoms with Gasteiger partial charge in [0.1, 0.15) is 0 Å². The van der Waals surface area contributed by atoms with Crippen LogP contribution in [0.25, 0.3) is 0 Å². The first kappa shape index (κ1) is 14.7. The fraction of sp³-hybridized carbons (Fsp3) is 0.538. The molecule has 0 aliphatic rings. The average molecular weight is 257 g/mol. The van der Waals surface area contributed by atoms with E-state index in [2.05, 4.69) is 5.32 Å². The van der Waals surface area contributed by atoms with Crippen LogP contribution < -0.4 is 10.1 Å². The Balaban J connectivity index is 2.55. The third-order valence-corrected chi connectivity index (χ3v) is 2.33. The number of halogens is 1. The van der Waals surface area contributed by atoms with E-state index in [1.165, 1.54) is 13.2 Å². The lowest BCUT2D eigenvalue weighted by Gasteiger charge is -2.18. The van der Waals surface area contributed by atoms with Gasteiger partial charge < -0.3 is 19.5 Å². The highest BCUT2D eigenvalue weighted by atomic mass is 19.1. The zero-order valence-electron chi connectivity index (χ0n) is 11.0. The van der Waals surface area contributed by atoms with Crippen molar-refractivity contribution in [3.05, 3.63) is 24.0 Å². The van der Waals surface area contributed by atoms with Gasteiger partial charge in [-0.05, 0) is 26.0 Å². The number of hydrogen-bond donors (Lipinski definition) is 1. The third kappa shape index (κ3) is 4.50. The van der Waals surface area contributed by atoms with Gasteiger partial charge in [0.25, 0.3) is 0 Å². The number of methoxy groups -OCH3 is 1. The fourth-order valence-electron chi connectivity index (χ4n) is 1.51. The molecule has 0 aliphatic heterocycles. The molecule has 0 bridgehead atoms. The van der Waals surface area contributed by atoms with Crippen LogP contribution in [0, 0.1) is 5.82 Å². The van der Waals surface area contributed by atoms with Crippen LogP contribution in [-0.4, -0.2) is 33.2 Å². The molecule has 102 valence electrons. The third-order valence-electron chi connectivity index (χ3n) is 2.33. The van der Waals surface area contributed by atoms with E-state index in [-0.39, 0.29) is 17.9 Å². The largest absolute Gasteiger partial charge is 0.494 e. The van der Waals surface area contributed by atoms with Gasteiger partial charge in [-0.25, -0.2) is 4.39 Å². The summed E-state index contributed by atoms with van der Waals surface area (Å²) in [6.07, 6.45) is -0.309. The lowest BCUT2D eigenvalue weighted by Crippen LogP contribution is -2.26. The molecule has 0 saturated carbocycles. The molecule has 1 N–H and O–H groups in total. The summed E-state index contributed by atoms with van der Waals surface area (Å²) in [5.74, 6) is -0.168. The lowest BCUT2D eigenvalue weighted by molar-refractivity contribution is -0.126. The van der Waals surface area contributed by atoms with Crippen LogP contribution in [0.1, 0.15) is 13.8 Å². The Morgan fingerprint density at radius 1 is 1.22 bits per heavy atom. The highest BCUT2D eigenvalue weighted by Crippen LogP contribution is 2.21. The Morgan fingerprint density at radius 3 is 2.44 bits per heavy atom. The second kappa shape index (κ2) is 7.89. The van der Waals surface area contributed by atoms with Crippen LogP contribution in [0.5, 0.6) is 5.75 Å². The molecule has 0 heterocycles. The summed E-state index contributed by atoms with van der Waals surface area (Å²) < 4.78 is 28.9. The molecule has 1 aromatic carbocycles. The van der Waals surface area contributed by atoms with Gasteiger partial charge in [0, 0.05) is 25.0 Å². The van der Waals surface area contributed by atoms with Crippen molar-refractivity contribution in [1.82, 2.24) is 0 Å². The zero-order chi connectivity index (χ0) is 13.4. The Bertz CT molecular complexity index is 354. The number of nitrogens with one attached hydrogen (secondary N) is 1. The van der Waals surface area contributed by atoms with Crippen LogP contribution in [0.15, 0.2) is 18.2 Å². The van der Waals surface area contributed by atoms with Crippen molar-refractivity contribution >= 4 is 5.69 Å². The van der Waals surface area contributed by atoms with Crippen molar-refractivity contribution < 1.29 is 18.6 Å². The van der Waals surface area contributed by atoms with Crippen LogP contribution in [0.4, 0.5) is 10.1 Å². The molecule has 0 fully saturated rings. The number of anilines is 1. The first-order valence-corrected chi connectivity index (χ1v) is 6.01. The minimum Gasteiger partial charge on any atom is -0.494 e. The lowest BCUT2D eigenvalue weighted by atomic mass is 10.3. The molecular formula is C13H20FNO3. The summed E-state index contributed by atoms with van der Waals surface area (Å²) >= 11 is 0. The molecule has 0 spiro atoms. The number of ether oxygens (including phenoxy) is 3. The quantitative estimate of drug-likeness (QED) is 0.727. The molecule has 0 aromatic heterocycles. The van der Waals surface area contributed by atoms with E-state index in [0.717, 1.165) is 5.69 Å². The van der Waals surface area contributed by atoms with Gasteiger partial charge in [-0.15, -0.1) is 0 Å². The Hall–Kier alpha value is -1.33. The molecule has 0 aliphatic carbocycles. The topological polar surface area (TPSA) is 39.7 Å². The number of hydrogen-bond acceptors (Lipinski definition) is 4. The molecule has 0 unspecified atom stereocenters. The maximum absolute atomic E-state index is 13.2.